The fourth-order valence-electron chi connectivity index (χ4n) is 10.9. The van der Waals surface area contributed by atoms with E-state index in [1.807, 2.05) is 13.8 Å². The molecule has 0 bridgehead atoms. The van der Waals surface area contributed by atoms with Crippen molar-refractivity contribution in [3.63, 3.8) is 0 Å². The van der Waals surface area contributed by atoms with Gasteiger partial charge in [0.15, 0.2) is 0 Å². The molecule has 1 heterocycles. The number of Topliss-reactive ketones (excluding diaryl/α,β-unsaturated/α-hetero) is 1. The van der Waals surface area contributed by atoms with Crippen molar-refractivity contribution >= 4 is 5.78 Å². The second-order valence-corrected chi connectivity index (χ2v) is 15.1. The van der Waals surface area contributed by atoms with Crippen molar-refractivity contribution in [1.29, 1.82) is 0 Å². The fourth-order valence-corrected chi connectivity index (χ4v) is 10.9. The molecule has 0 aromatic heterocycles. The summed E-state index contributed by atoms with van der Waals surface area (Å²) in [4.78, 5) is 12.9. The van der Waals surface area contributed by atoms with Gasteiger partial charge in [-0.2, -0.15) is 0 Å². The summed E-state index contributed by atoms with van der Waals surface area (Å²) >= 11 is 0. The van der Waals surface area contributed by atoms with Gasteiger partial charge in [0.2, 0.25) is 0 Å². The Hall–Kier alpha value is -0.410. The lowest BCUT2D eigenvalue weighted by atomic mass is 9.35. The van der Waals surface area contributed by atoms with Crippen molar-refractivity contribution in [3.8, 4) is 0 Å². The molecule has 0 unspecified atom stereocenters. The van der Waals surface area contributed by atoms with Crippen LogP contribution in [0.4, 0.5) is 0 Å². The first-order valence-electron chi connectivity index (χ1n) is 14.0. The monoisotopic (exact) mass is 458 g/mol. The Labute approximate surface area is 202 Å². The van der Waals surface area contributed by atoms with Crippen LogP contribution in [0.1, 0.15) is 120 Å². The zero-order valence-electron chi connectivity index (χ0n) is 22.7. The molecule has 9 atom stereocenters. The summed E-state index contributed by atoms with van der Waals surface area (Å²) in [7, 11) is 0. The van der Waals surface area contributed by atoms with Crippen LogP contribution >= 0.6 is 0 Å². The number of carbonyl (C=O) groups is 1. The largest absolute Gasteiger partial charge is 0.388 e. The molecule has 0 amide bonds. The molecule has 5 rings (SSSR count). The number of fused-ring (bicyclic) bond motifs is 5. The lowest BCUT2D eigenvalue weighted by Gasteiger charge is -2.69. The summed E-state index contributed by atoms with van der Waals surface area (Å²) in [5.41, 5.74) is -0.0493. The van der Waals surface area contributed by atoms with Gasteiger partial charge >= 0.3 is 0 Å². The number of hydrogen-bond acceptors (Lipinski definition) is 3. The molecule has 3 heteroatoms. The smallest absolute Gasteiger partial charge is 0.138 e. The lowest BCUT2D eigenvalue weighted by Crippen LogP contribution is -2.63. The Bertz CT molecular complexity index is 825. The Kier molecular flexibility index (Phi) is 5.22. The van der Waals surface area contributed by atoms with Gasteiger partial charge in [-0.15, -0.1) is 0 Å². The molecule has 4 aliphatic carbocycles. The van der Waals surface area contributed by atoms with E-state index in [9.17, 15) is 9.90 Å². The van der Waals surface area contributed by atoms with E-state index in [0.717, 1.165) is 31.6 Å². The van der Waals surface area contributed by atoms with E-state index < -0.39 is 5.60 Å². The lowest BCUT2D eigenvalue weighted by molar-refractivity contribution is -0.210. The molecule has 33 heavy (non-hydrogen) atoms. The maximum atomic E-state index is 12.9. The average molecular weight is 459 g/mol. The normalized spacial score (nSPS) is 54.0. The quantitative estimate of drug-likeness (QED) is 0.487. The summed E-state index contributed by atoms with van der Waals surface area (Å²) in [6, 6.07) is 0. The van der Waals surface area contributed by atoms with Crippen LogP contribution in [-0.2, 0) is 9.53 Å². The van der Waals surface area contributed by atoms with E-state index in [1.165, 1.54) is 38.5 Å². The molecule has 1 aliphatic heterocycles. The van der Waals surface area contributed by atoms with E-state index in [1.54, 1.807) is 0 Å². The van der Waals surface area contributed by atoms with Crippen molar-refractivity contribution in [3.05, 3.63) is 0 Å². The van der Waals surface area contributed by atoms with Crippen molar-refractivity contribution < 1.29 is 14.6 Å². The van der Waals surface area contributed by atoms with Crippen molar-refractivity contribution in [2.45, 2.75) is 137 Å². The first-order chi connectivity index (χ1) is 15.1. The van der Waals surface area contributed by atoms with Crippen LogP contribution in [0.2, 0.25) is 0 Å². The third kappa shape index (κ3) is 3.09. The highest BCUT2D eigenvalue weighted by molar-refractivity contribution is 5.85. The molecule has 0 aromatic carbocycles. The first-order valence-corrected chi connectivity index (χ1v) is 14.0. The van der Waals surface area contributed by atoms with Crippen molar-refractivity contribution in [1.82, 2.24) is 0 Å². The first kappa shape index (κ1) is 24.3. The Morgan fingerprint density at radius 3 is 2.09 bits per heavy atom. The zero-order valence-corrected chi connectivity index (χ0v) is 22.7. The van der Waals surface area contributed by atoms with Crippen molar-refractivity contribution in [2.75, 3.05) is 0 Å². The number of ketones is 1. The maximum absolute atomic E-state index is 12.9. The number of rotatable bonds is 2. The molecule has 0 spiro atoms. The van der Waals surface area contributed by atoms with E-state index >= 15 is 0 Å². The second-order valence-electron chi connectivity index (χ2n) is 15.1. The molecular weight excluding hydrogens is 408 g/mol. The molecule has 1 N–H and O–H groups in total. The molecule has 188 valence electrons. The molecular formula is C30H50O3. The van der Waals surface area contributed by atoms with Crippen LogP contribution < -0.4 is 0 Å². The van der Waals surface area contributed by atoms with Crippen LogP contribution in [0.25, 0.3) is 0 Å². The van der Waals surface area contributed by atoms with Gasteiger partial charge in [0, 0.05) is 11.8 Å². The van der Waals surface area contributed by atoms with Gasteiger partial charge in [0.25, 0.3) is 0 Å². The molecule has 5 aliphatic rings. The molecule has 0 radical (unpaired) electrons. The zero-order chi connectivity index (χ0) is 24.2. The SMILES string of the molecule is CC(C)(O)[C@@H]1CC[C@](C)([C@@H]2CC[C@]3(C)[C@@H]2CC[C@@H]2[C@@]4(C)CCC(=O)C(C)(C)[C@H]4CC[C@]23C)O1. The van der Waals surface area contributed by atoms with Gasteiger partial charge in [-0.1, -0.05) is 34.6 Å². The van der Waals surface area contributed by atoms with Crippen LogP contribution in [0.15, 0.2) is 0 Å². The third-order valence-corrected chi connectivity index (χ3v) is 13.0. The average Bonchev–Trinajstić information content (AvgIpc) is 3.27. The minimum Gasteiger partial charge on any atom is -0.388 e. The number of carbonyl (C=O) groups excluding carboxylic acids is 1. The Morgan fingerprint density at radius 1 is 0.788 bits per heavy atom. The van der Waals surface area contributed by atoms with Gasteiger partial charge in [0.1, 0.15) is 5.78 Å². The number of aliphatic hydroxyl groups is 1. The van der Waals surface area contributed by atoms with Gasteiger partial charge in [-0.05, 0) is 118 Å². The summed E-state index contributed by atoms with van der Waals surface area (Å²) in [5, 5.41) is 10.6. The third-order valence-electron chi connectivity index (χ3n) is 13.0. The van der Waals surface area contributed by atoms with E-state index in [2.05, 4.69) is 41.5 Å². The van der Waals surface area contributed by atoms with Gasteiger partial charge in [-0.3, -0.25) is 4.79 Å². The Morgan fingerprint density at radius 2 is 1.45 bits per heavy atom. The molecule has 5 fully saturated rings. The molecule has 3 nitrogen and oxygen atoms in total. The predicted molar refractivity (Wildman–Crippen MR) is 133 cm³/mol. The van der Waals surface area contributed by atoms with Crippen LogP contribution in [0, 0.1) is 45.3 Å². The van der Waals surface area contributed by atoms with Crippen LogP contribution in [-0.4, -0.2) is 28.2 Å². The van der Waals surface area contributed by atoms with Gasteiger partial charge in [0.05, 0.1) is 17.3 Å². The van der Waals surface area contributed by atoms with E-state index in [4.69, 9.17) is 4.74 Å². The highest BCUT2D eigenvalue weighted by Crippen LogP contribution is 2.75. The molecule has 0 aromatic rings. The summed E-state index contributed by atoms with van der Waals surface area (Å²) in [6.45, 7) is 18.5. The van der Waals surface area contributed by atoms with Crippen molar-refractivity contribution in [2.24, 2.45) is 45.3 Å². The van der Waals surface area contributed by atoms with Crippen LogP contribution in [0.5, 0.6) is 0 Å². The van der Waals surface area contributed by atoms with E-state index in [0.29, 0.717) is 34.4 Å². The molecule has 4 saturated carbocycles. The second kappa shape index (κ2) is 7.09. The van der Waals surface area contributed by atoms with Gasteiger partial charge in [-0.25, -0.2) is 0 Å². The summed E-state index contributed by atoms with van der Waals surface area (Å²) in [5.74, 6) is 3.06. The highest BCUT2D eigenvalue weighted by atomic mass is 16.5. The summed E-state index contributed by atoms with van der Waals surface area (Å²) in [6.07, 6.45) is 11.6. The number of hydrogen-bond donors (Lipinski definition) is 1. The predicted octanol–water partition coefficient (Wildman–Crippen LogP) is 6.95. The minimum absolute atomic E-state index is 0.0439. The molecule has 1 saturated heterocycles. The van der Waals surface area contributed by atoms with Gasteiger partial charge < -0.3 is 9.84 Å². The minimum atomic E-state index is -0.762. The standard InChI is InChI=1S/C30H50O3/c1-25(2)21-12-17-29(7)22(27(21,5)15-13-23(25)31)10-9-19-20(11-16-28(19,29)6)30(8)18-14-24(33-30)26(3,4)32/h19-22,24,32H,9-18H2,1-8H3/t19-,20-,21-,22-,24+,27+,28-,29-,30-/m1/s1. The highest BCUT2D eigenvalue weighted by Gasteiger charge is 2.70. The topological polar surface area (TPSA) is 46.5 Å². The fraction of sp³-hybridized carbons (Fsp3) is 0.967. The van der Waals surface area contributed by atoms with Crippen LogP contribution in [0.3, 0.4) is 0 Å². The summed E-state index contributed by atoms with van der Waals surface area (Å²) < 4.78 is 6.72. The Balaban J connectivity index is 1.45. The van der Waals surface area contributed by atoms with E-state index in [-0.39, 0.29) is 22.5 Å². The maximum Gasteiger partial charge on any atom is 0.138 e. The number of ether oxygens (including phenoxy) is 1.